The third kappa shape index (κ3) is 5.60. The topological polar surface area (TPSA) is 38.0 Å². The van der Waals surface area contributed by atoms with E-state index in [9.17, 15) is 0 Å². The second kappa shape index (κ2) is 8.16. The van der Waals surface area contributed by atoms with Crippen molar-refractivity contribution in [1.29, 1.82) is 0 Å². The fraction of sp³-hybridized carbons (Fsp3) is 0.562. The van der Waals surface area contributed by atoms with Gasteiger partial charge in [-0.05, 0) is 44.0 Å². The van der Waals surface area contributed by atoms with Gasteiger partial charge in [0.2, 0.25) is 0 Å². The number of benzene rings is 1. The van der Waals surface area contributed by atoms with Crippen molar-refractivity contribution >= 4 is 22.9 Å². The molecule has 0 aliphatic rings. The molecule has 0 aliphatic carbocycles. The van der Waals surface area contributed by atoms with E-state index in [0.29, 0.717) is 11.0 Å². The molecule has 0 heterocycles. The summed E-state index contributed by atoms with van der Waals surface area (Å²) in [7, 11) is 0. The van der Waals surface area contributed by atoms with Crippen LogP contribution in [0.25, 0.3) is 0 Å². The molecule has 0 saturated carbocycles. The first-order valence-electron chi connectivity index (χ1n) is 7.21. The van der Waals surface area contributed by atoms with Gasteiger partial charge in [-0.15, -0.1) is 0 Å². The SMILES string of the molecule is CCCCCCC(C)Nc1ccc(C(N)=S)c(C)c1. The lowest BCUT2D eigenvalue weighted by Crippen LogP contribution is -2.16. The molecule has 0 radical (unpaired) electrons. The lowest BCUT2D eigenvalue weighted by Gasteiger charge is -2.16. The maximum atomic E-state index is 5.67. The summed E-state index contributed by atoms with van der Waals surface area (Å²) in [6, 6.07) is 6.69. The zero-order valence-corrected chi connectivity index (χ0v) is 13.1. The molecule has 1 aromatic rings. The number of anilines is 1. The largest absolute Gasteiger partial charge is 0.389 e. The van der Waals surface area contributed by atoms with Crippen molar-refractivity contribution in [1.82, 2.24) is 0 Å². The molecule has 0 bridgehead atoms. The molecule has 3 heteroatoms. The van der Waals surface area contributed by atoms with Crippen molar-refractivity contribution < 1.29 is 0 Å². The van der Waals surface area contributed by atoms with Crippen LogP contribution in [0, 0.1) is 6.92 Å². The average Bonchev–Trinajstić information content (AvgIpc) is 2.34. The highest BCUT2D eigenvalue weighted by molar-refractivity contribution is 7.80. The molecule has 0 amide bonds. The number of nitrogens with two attached hydrogens (primary N) is 1. The predicted molar refractivity (Wildman–Crippen MR) is 88.9 cm³/mol. The highest BCUT2D eigenvalue weighted by Gasteiger charge is 2.05. The van der Waals surface area contributed by atoms with Crippen LogP contribution in [-0.4, -0.2) is 11.0 Å². The highest BCUT2D eigenvalue weighted by Crippen LogP contribution is 2.17. The van der Waals surface area contributed by atoms with Gasteiger partial charge < -0.3 is 11.1 Å². The van der Waals surface area contributed by atoms with Crippen molar-refractivity contribution in [2.75, 3.05) is 5.32 Å². The van der Waals surface area contributed by atoms with Crippen LogP contribution in [0.5, 0.6) is 0 Å². The van der Waals surface area contributed by atoms with Gasteiger partial charge in [0.1, 0.15) is 4.99 Å². The quantitative estimate of drug-likeness (QED) is 0.547. The molecule has 0 saturated heterocycles. The third-order valence-corrected chi connectivity index (χ3v) is 3.62. The number of hydrogen-bond donors (Lipinski definition) is 2. The molecule has 0 fully saturated rings. The van der Waals surface area contributed by atoms with E-state index in [1.165, 1.54) is 32.1 Å². The number of hydrogen-bond acceptors (Lipinski definition) is 2. The van der Waals surface area contributed by atoms with Crippen molar-refractivity contribution in [2.24, 2.45) is 5.73 Å². The second-order valence-corrected chi connectivity index (χ2v) is 5.73. The first-order valence-corrected chi connectivity index (χ1v) is 7.62. The molecule has 3 N–H and O–H groups in total. The molecule has 19 heavy (non-hydrogen) atoms. The fourth-order valence-electron chi connectivity index (χ4n) is 2.26. The number of nitrogens with one attached hydrogen (secondary N) is 1. The van der Waals surface area contributed by atoms with Crippen LogP contribution >= 0.6 is 12.2 Å². The van der Waals surface area contributed by atoms with Gasteiger partial charge in [0.25, 0.3) is 0 Å². The molecule has 0 aliphatic heterocycles. The molecular weight excluding hydrogens is 252 g/mol. The lowest BCUT2D eigenvalue weighted by atomic mass is 10.1. The van der Waals surface area contributed by atoms with Crippen molar-refractivity contribution in [3.63, 3.8) is 0 Å². The van der Waals surface area contributed by atoms with Gasteiger partial charge in [-0.25, -0.2) is 0 Å². The number of aryl methyl sites for hydroxylation is 1. The summed E-state index contributed by atoms with van der Waals surface area (Å²) in [6.45, 7) is 6.53. The highest BCUT2D eigenvalue weighted by atomic mass is 32.1. The van der Waals surface area contributed by atoms with Crippen LogP contribution in [0.4, 0.5) is 5.69 Å². The zero-order chi connectivity index (χ0) is 14.3. The molecule has 0 aromatic heterocycles. The summed E-state index contributed by atoms with van der Waals surface area (Å²) < 4.78 is 0. The first-order chi connectivity index (χ1) is 9.04. The normalized spacial score (nSPS) is 12.2. The van der Waals surface area contributed by atoms with Crippen LogP contribution < -0.4 is 11.1 Å². The Morgan fingerprint density at radius 1 is 1.32 bits per heavy atom. The maximum absolute atomic E-state index is 5.67. The minimum Gasteiger partial charge on any atom is -0.389 e. The summed E-state index contributed by atoms with van der Waals surface area (Å²) in [5.74, 6) is 0. The van der Waals surface area contributed by atoms with Crippen molar-refractivity contribution in [3.05, 3.63) is 29.3 Å². The smallest absolute Gasteiger partial charge is 0.104 e. The third-order valence-electron chi connectivity index (χ3n) is 3.40. The van der Waals surface area contributed by atoms with E-state index in [4.69, 9.17) is 18.0 Å². The van der Waals surface area contributed by atoms with E-state index in [2.05, 4.69) is 31.3 Å². The molecule has 1 aromatic carbocycles. The van der Waals surface area contributed by atoms with Gasteiger partial charge >= 0.3 is 0 Å². The van der Waals surface area contributed by atoms with E-state index in [1.54, 1.807) is 0 Å². The van der Waals surface area contributed by atoms with Crippen LogP contribution in [0.15, 0.2) is 18.2 Å². The van der Waals surface area contributed by atoms with E-state index in [-0.39, 0.29) is 0 Å². The van der Waals surface area contributed by atoms with Crippen molar-refractivity contribution in [3.8, 4) is 0 Å². The molecule has 1 rings (SSSR count). The lowest BCUT2D eigenvalue weighted by molar-refractivity contribution is 0.594. The average molecular weight is 278 g/mol. The van der Waals surface area contributed by atoms with Crippen LogP contribution in [-0.2, 0) is 0 Å². The predicted octanol–water partition coefficient (Wildman–Crippen LogP) is 4.40. The van der Waals surface area contributed by atoms with Gasteiger partial charge in [-0.2, -0.15) is 0 Å². The summed E-state index contributed by atoms with van der Waals surface area (Å²) in [5, 5.41) is 3.54. The van der Waals surface area contributed by atoms with E-state index < -0.39 is 0 Å². The first kappa shape index (κ1) is 16.0. The van der Waals surface area contributed by atoms with Crippen LogP contribution in [0.1, 0.15) is 57.1 Å². The Morgan fingerprint density at radius 3 is 2.63 bits per heavy atom. The summed E-state index contributed by atoms with van der Waals surface area (Å²) in [4.78, 5) is 0.469. The summed E-state index contributed by atoms with van der Waals surface area (Å²) in [5.41, 5.74) is 8.93. The standard InChI is InChI=1S/C16H26N2S/c1-4-5-6-7-8-13(3)18-14-9-10-15(16(17)19)12(2)11-14/h9-11,13,18H,4-8H2,1-3H3,(H2,17,19). The van der Waals surface area contributed by atoms with E-state index >= 15 is 0 Å². The Kier molecular flexibility index (Phi) is 6.85. The van der Waals surface area contributed by atoms with E-state index in [0.717, 1.165) is 16.8 Å². The minimum atomic E-state index is 0.469. The minimum absolute atomic E-state index is 0.469. The van der Waals surface area contributed by atoms with Gasteiger partial charge in [-0.3, -0.25) is 0 Å². The van der Waals surface area contributed by atoms with Crippen LogP contribution in [0.2, 0.25) is 0 Å². The van der Waals surface area contributed by atoms with Gasteiger partial charge in [0.15, 0.2) is 0 Å². The Labute approximate surface area is 122 Å². The van der Waals surface area contributed by atoms with E-state index in [1.807, 2.05) is 13.0 Å². The molecule has 0 spiro atoms. The number of thiocarbonyl (C=S) groups is 1. The number of rotatable bonds is 8. The summed E-state index contributed by atoms with van der Waals surface area (Å²) >= 11 is 5.02. The van der Waals surface area contributed by atoms with Gasteiger partial charge in [0, 0.05) is 17.3 Å². The molecule has 1 atom stereocenters. The molecule has 2 nitrogen and oxygen atoms in total. The van der Waals surface area contributed by atoms with Crippen molar-refractivity contribution in [2.45, 2.75) is 58.9 Å². The Bertz CT molecular complexity index is 415. The molecule has 106 valence electrons. The summed E-state index contributed by atoms with van der Waals surface area (Å²) in [6.07, 6.45) is 6.49. The van der Waals surface area contributed by atoms with Gasteiger partial charge in [-0.1, -0.05) is 44.8 Å². The monoisotopic (exact) mass is 278 g/mol. The maximum Gasteiger partial charge on any atom is 0.104 e. The second-order valence-electron chi connectivity index (χ2n) is 5.29. The van der Waals surface area contributed by atoms with Gasteiger partial charge in [0.05, 0.1) is 0 Å². The molecular formula is C16H26N2S. The Hall–Kier alpha value is -1.09. The zero-order valence-electron chi connectivity index (χ0n) is 12.3. The Morgan fingerprint density at radius 2 is 2.05 bits per heavy atom. The number of unbranched alkanes of at least 4 members (excludes halogenated alkanes) is 3. The molecule has 1 unspecified atom stereocenters. The Balaban J connectivity index is 2.48. The fourth-order valence-corrected chi connectivity index (χ4v) is 2.49. The van der Waals surface area contributed by atoms with Crippen LogP contribution in [0.3, 0.4) is 0 Å².